The molecule has 0 fully saturated rings. The molecule has 0 bridgehead atoms. The third kappa shape index (κ3) is 5.21. The first-order chi connectivity index (χ1) is 9.78. The van der Waals surface area contributed by atoms with Gasteiger partial charge in [-0.25, -0.2) is 4.79 Å². The molecule has 0 aromatic heterocycles. The van der Waals surface area contributed by atoms with E-state index in [9.17, 15) is 9.59 Å². The van der Waals surface area contributed by atoms with Gasteiger partial charge >= 0.3 is 6.09 Å². The first-order valence-corrected chi connectivity index (χ1v) is 7.32. The molecule has 0 saturated carbocycles. The summed E-state index contributed by atoms with van der Waals surface area (Å²) in [5.74, 6) is 0. The first-order valence-electron chi connectivity index (χ1n) is 7.32. The van der Waals surface area contributed by atoms with Crippen molar-refractivity contribution in [3.63, 3.8) is 0 Å². The number of aldehydes is 1. The van der Waals surface area contributed by atoms with Crippen molar-refractivity contribution in [1.82, 2.24) is 0 Å². The number of ether oxygens (including phenoxy) is 1. The summed E-state index contributed by atoms with van der Waals surface area (Å²) < 4.78 is 5.45. The lowest BCUT2D eigenvalue weighted by molar-refractivity contribution is -0.109. The van der Waals surface area contributed by atoms with Crippen molar-refractivity contribution in [3.8, 4) is 0 Å². The Kier molecular flexibility index (Phi) is 5.94. The summed E-state index contributed by atoms with van der Waals surface area (Å²) in [7, 11) is 0. The fourth-order valence-electron chi connectivity index (χ4n) is 2.07. The second kappa shape index (κ2) is 7.25. The van der Waals surface area contributed by atoms with Crippen molar-refractivity contribution in [3.05, 3.63) is 29.8 Å². The minimum absolute atomic E-state index is 0.487. The van der Waals surface area contributed by atoms with E-state index in [1.54, 1.807) is 0 Å². The molecule has 116 valence electrons. The Hall–Kier alpha value is -1.84. The molecule has 4 nitrogen and oxygen atoms in total. The lowest BCUT2D eigenvalue weighted by Gasteiger charge is -2.31. The Morgan fingerprint density at radius 2 is 2.05 bits per heavy atom. The second-order valence-corrected chi connectivity index (χ2v) is 6.18. The van der Waals surface area contributed by atoms with Gasteiger partial charge in [-0.05, 0) is 51.8 Å². The summed E-state index contributed by atoms with van der Waals surface area (Å²) in [5, 5.41) is 0. The van der Waals surface area contributed by atoms with Gasteiger partial charge in [-0.2, -0.15) is 0 Å². The topological polar surface area (TPSA) is 46.6 Å². The highest BCUT2D eigenvalue weighted by Gasteiger charge is 2.29. The van der Waals surface area contributed by atoms with E-state index in [0.29, 0.717) is 12.1 Å². The maximum atomic E-state index is 12.5. The predicted octanol–water partition coefficient (Wildman–Crippen LogP) is 4.10. The normalized spacial score (nSPS) is 12.6. The van der Waals surface area contributed by atoms with E-state index < -0.39 is 17.7 Å². The average molecular weight is 291 g/mol. The Morgan fingerprint density at radius 1 is 1.38 bits per heavy atom. The zero-order valence-corrected chi connectivity index (χ0v) is 13.6. The summed E-state index contributed by atoms with van der Waals surface area (Å²) in [6, 6.07) is 7.02. The van der Waals surface area contributed by atoms with Crippen LogP contribution in [0.5, 0.6) is 0 Å². The molecule has 1 atom stereocenters. The number of anilines is 1. The zero-order chi connectivity index (χ0) is 16.0. The summed E-state index contributed by atoms with van der Waals surface area (Å²) in [6.07, 6.45) is 1.75. The standard InChI is InChI=1S/C17H25NO3/c1-6-8-15(12-19)18(16(20)21-17(3,4)5)14-10-7-9-13(2)11-14/h7,9-12,15H,6,8H2,1-5H3. The molecule has 1 amide bonds. The quantitative estimate of drug-likeness (QED) is 0.767. The van der Waals surface area contributed by atoms with E-state index in [1.165, 1.54) is 4.90 Å². The molecule has 4 heteroatoms. The Labute approximate surface area is 127 Å². The van der Waals surface area contributed by atoms with Crippen molar-refractivity contribution in [2.24, 2.45) is 0 Å². The highest BCUT2D eigenvalue weighted by atomic mass is 16.6. The van der Waals surface area contributed by atoms with Gasteiger partial charge in [-0.1, -0.05) is 25.5 Å². The maximum Gasteiger partial charge on any atom is 0.415 e. The lowest BCUT2D eigenvalue weighted by atomic mass is 10.1. The highest BCUT2D eigenvalue weighted by Crippen LogP contribution is 2.23. The van der Waals surface area contributed by atoms with Gasteiger partial charge in [0.2, 0.25) is 0 Å². The number of nitrogens with zero attached hydrogens (tertiary/aromatic N) is 1. The van der Waals surface area contributed by atoms with Crippen LogP contribution in [0.4, 0.5) is 10.5 Å². The number of hydrogen-bond acceptors (Lipinski definition) is 3. The van der Waals surface area contributed by atoms with E-state index in [-0.39, 0.29) is 0 Å². The van der Waals surface area contributed by atoms with Gasteiger partial charge in [-0.15, -0.1) is 0 Å². The number of amides is 1. The van der Waals surface area contributed by atoms with Crippen LogP contribution >= 0.6 is 0 Å². The molecule has 0 aliphatic rings. The maximum absolute atomic E-state index is 12.5. The SMILES string of the molecule is CCCC(C=O)N(C(=O)OC(C)(C)C)c1cccc(C)c1. The molecule has 21 heavy (non-hydrogen) atoms. The number of benzene rings is 1. The van der Waals surface area contributed by atoms with Crippen LogP contribution in [0, 0.1) is 6.92 Å². The number of carbonyl (C=O) groups is 2. The average Bonchev–Trinajstić information content (AvgIpc) is 2.36. The molecule has 0 aliphatic carbocycles. The molecule has 0 aliphatic heterocycles. The number of hydrogen-bond donors (Lipinski definition) is 0. The van der Waals surface area contributed by atoms with Gasteiger partial charge < -0.3 is 9.53 Å². The third-order valence-corrected chi connectivity index (χ3v) is 2.94. The van der Waals surface area contributed by atoms with Crippen molar-refractivity contribution in [1.29, 1.82) is 0 Å². The molecule has 1 aromatic carbocycles. The smallest absolute Gasteiger partial charge is 0.415 e. The van der Waals surface area contributed by atoms with Crippen LogP contribution in [0.1, 0.15) is 46.1 Å². The fourth-order valence-corrected chi connectivity index (χ4v) is 2.07. The highest BCUT2D eigenvalue weighted by molar-refractivity contribution is 5.92. The van der Waals surface area contributed by atoms with Gasteiger partial charge in [-0.3, -0.25) is 4.90 Å². The van der Waals surface area contributed by atoms with Crippen molar-refractivity contribution < 1.29 is 14.3 Å². The molecule has 0 heterocycles. The molecule has 1 rings (SSSR count). The van der Waals surface area contributed by atoms with Crippen LogP contribution in [-0.4, -0.2) is 24.0 Å². The second-order valence-electron chi connectivity index (χ2n) is 6.18. The van der Waals surface area contributed by atoms with E-state index >= 15 is 0 Å². The molecule has 0 spiro atoms. The molecule has 1 aromatic rings. The summed E-state index contributed by atoms with van der Waals surface area (Å²) >= 11 is 0. The molecule has 0 radical (unpaired) electrons. The van der Waals surface area contributed by atoms with Gasteiger partial charge in [0.15, 0.2) is 0 Å². The van der Waals surface area contributed by atoms with Gasteiger partial charge in [0.05, 0.1) is 6.04 Å². The van der Waals surface area contributed by atoms with Crippen LogP contribution in [0.2, 0.25) is 0 Å². The minimum Gasteiger partial charge on any atom is -0.443 e. The summed E-state index contributed by atoms with van der Waals surface area (Å²) in [5.41, 5.74) is 1.12. The fraction of sp³-hybridized carbons (Fsp3) is 0.529. The molecule has 0 N–H and O–H groups in total. The van der Waals surface area contributed by atoms with Crippen LogP contribution < -0.4 is 4.90 Å². The predicted molar refractivity (Wildman–Crippen MR) is 84.7 cm³/mol. The molecule has 0 saturated heterocycles. The van der Waals surface area contributed by atoms with Gasteiger partial charge in [0, 0.05) is 5.69 Å². The van der Waals surface area contributed by atoms with Crippen LogP contribution in [0.15, 0.2) is 24.3 Å². The van der Waals surface area contributed by atoms with Crippen LogP contribution in [0.25, 0.3) is 0 Å². The van der Waals surface area contributed by atoms with Crippen LogP contribution in [0.3, 0.4) is 0 Å². The number of aryl methyl sites for hydroxylation is 1. The molecular formula is C17H25NO3. The van der Waals surface area contributed by atoms with Gasteiger partial charge in [0.1, 0.15) is 11.9 Å². The van der Waals surface area contributed by atoms with Crippen molar-refractivity contribution in [2.45, 2.75) is 59.1 Å². The number of carbonyl (C=O) groups excluding carboxylic acids is 2. The van der Waals surface area contributed by atoms with E-state index in [1.807, 2.05) is 58.9 Å². The van der Waals surface area contributed by atoms with Gasteiger partial charge in [0.25, 0.3) is 0 Å². The minimum atomic E-state index is -0.598. The summed E-state index contributed by atoms with van der Waals surface area (Å²) in [4.78, 5) is 25.4. The van der Waals surface area contributed by atoms with E-state index in [0.717, 1.165) is 18.3 Å². The van der Waals surface area contributed by atoms with E-state index in [4.69, 9.17) is 4.74 Å². The Bertz CT molecular complexity index is 491. The van der Waals surface area contributed by atoms with Crippen LogP contribution in [-0.2, 0) is 9.53 Å². The zero-order valence-electron chi connectivity index (χ0n) is 13.6. The first kappa shape index (κ1) is 17.2. The third-order valence-electron chi connectivity index (χ3n) is 2.94. The lowest BCUT2D eigenvalue weighted by Crippen LogP contribution is -2.44. The number of rotatable bonds is 5. The largest absolute Gasteiger partial charge is 0.443 e. The monoisotopic (exact) mass is 291 g/mol. The van der Waals surface area contributed by atoms with E-state index in [2.05, 4.69) is 0 Å². The summed E-state index contributed by atoms with van der Waals surface area (Å²) in [6.45, 7) is 9.38. The van der Waals surface area contributed by atoms with Crippen molar-refractivity contribution >= 4 is 18.1 Å². The Balaban J connectivity index is 3.16. The molecule has 1 unspecified atom stereocenters. The van der Waals surface area contributed by atoms with Crippen molar-refractivity contribution in [2.75, 3.05) is 4.90 Å². The molecular weight excluding hydrogens is 266 g/mol. The Morgan fingerprint density at radius 3 is 2.52 bits per heavy atom.